The van der Waals surface area contributed by atoms with Gasteiger partial charge in [0.15, 0.2) is 0 Å². The molecule has 3 heteroatoms. The number of aromatic nitrogens is 2. The van der Waals surface area contributed by atoms with Crippen LogP contribution in [-0.2, 0) is 0 Å². The Morgan fingerprint density at radius 1 is 1.35 bits per heavy atom. The van der Waals surface area contributed by atoms with Crippen LogP contribution >= 0.6 is 0 Å². The number of piperidine rings is 1. The van der Waals surface area contributed by atoms with Crippen LogP contribution in [0.25, 0.3) is 0 Å². The van der Waals surface area contributed by atoms with Gasteiger partial charge in [0.05, 0.1) is 0 Å². The van der Waals surface area contributed by atoms with E-state index >= 15 is 0 Å². The van der Waals surface area contributed by atoms with E-state index in [4.69, 9.17) is 0 Å². The zero-order valence-electron chi connectivity index (χ0n) is 10.8. The van der Waals surface area contributed by atoms with E-state index in [2.05, 4.69) is 21.8 Å². The van der Waals surface area contributed by atoms with Gasteiger partial charge in [-0.25, -0.2) is 4.98 Å². The Morgan fingerprint density at radius 2 is 2.24 bits per heavy atom. The summed E-state index contributed by atoms with van der Waals surface area (Å²) in [6.07, 6.45) is 8.97. The second kappa shape index (κ2) is 4.81. The van der Waals surface area contributed by atoms with Crippen LogP contribution in [-0.4, -0.2) is 34.5 Å². The summed E-state index contributed by atoms with van der Waals surface area (Å²) in [4.78, 5) is 10.6. The number of hydrogen-bond donors (Lipinski definition) is 1. The lowest BCUT2D eigenvalue weighted by Crippen LogP contribution is -2.39. The monoisotopic (exact) mass is 233 g/mol. The molecule has 0 aromatic carbocycles. The zero-order chi connectivity index (χ0) is 11.7. The van der Waals surface area contributed by atoms with Gasteiger partial charge in [0, 0.05) is 30.9 Å². The molecule has 1 aliphatic carbocycles. The summed E-state index contributed by atoms with van der Waals surface area (Å²) >= 11 is 0. The molecule has 0 spiro atoms. The van der Waals surface area contributed by atoms with Gasteiger partial charge in [-0.15, -0.1) is 0 Å². The third-order valence-corrected chi connectivity index (χ3v) is 4.36. The molecule has 0 radical (unpaired) electrons. The highest BCUT2D eigenvalue weighted by molar-refractivity contribution is 5.05. The molecular weight excluding hydrogens is 210 g/mol. The Hall–Kier alpha value is -0.830. The molecule has 2 fully saturated rings. The standard InChI is InChI=1S/C14H23N3/c1-11-8-15-14(16-11)13-6-3-7-17(10-13)9-12-4-2-5-12/h8,12-13H,2-7,9-10H2,1H3,(H,15,16). The molecule has 2 aliphatic rings. The number of rotatable bonds is 3. The molecule has 1 atom stereocenters. The van der Waals surface area contributed by atoms with Crippen LogP contribution in [0.1, 0.15) is 49.5 Å². The summed E-state index contributed by atoms with van der Waals surface area (Å²) in [6, 6.07) is 0. The van der Waals surface area contributed by atoms with Crippen molar-refractivity contribution in [2.45, 2.75) is 44.9 Å². The average molecular weight is 233 g/mol. The van der Waals surface area contributed by atoms with Gasteiger partial charge >= 0.3 is 0 Å². The topological polar surface area (TPSA) is 31.9 Å². The van der Waals surface area contributed by atoms with Crippen LogP contribution in [0.2, 0.25) is 0 Å². The highest BCUT2D eigenvalue weighted by Crippen LogP contribution is 2.30. The Bertz CT molecular complexity index is 367. The minimum atomic E-state index is 0.637. The van der Waals surface area contributed by atoms with Crippen LogP contribution in [0.3, 0.4) is 0 Å². The predicted molar refractivity (Wildman–Crippen MR) is 69.1 cm³/mol. The molecule has 0 bridgehead atoms. The number of aryl methyl sites for hydroxylation is 1. The summed E-state index contributed by atoms with van der Waals surface area (Å²) < 4.78 is 0. The van der Waals surface area contributed by atoms with E-state index in [1.165, 1.54) is 63.3 Å². The molecule has 3 nitrogen and oxygen atoms in total. The minimum absolute atomic E-state index is 0.637. The van der Waals surface area contributed by atoms with Crippen molar-refractivity contribution < 1.29 is 0 Å². The normalized spacial score (nSPS) is 27.0. The SMILES string of the molecule is Cc1cnc(C2CCCN(CC3CCC3)C2)[nH]1. The van der Waals surface area contributed by atoms with E-state index in [1.54, 1.807) is 0 Å². The summed E-state index contributed by atoms with van der Waals surface area (Å²) in [5.41, 5.74) is 1.19. The molecule has 1 aromatic heterocycles. The molecule has 1 saturated heterocycles. The minimum Gasteiger partial charge on any atom is -0.346 e. The first-order chi connectivity index (χ1) is 8.31. The van der Waals surface area contributed by atoms with Crippen LogP contribution in [0.15, 0.2) is 6.20 Å². The summed E-state index contributed by atoms with van der Waals surface area (Å²) in [6.45, 7) is 5.93. The first-order valence-electron chi connectivity index (χ1n) is 7.05. The fraction of sp³-hybridized carbons (Fsp3) is 0.786. The summed E-state index contributed by atoms with van der Waals surface area (Å²) in [5, 5.41) is 0. The smallest absolute Gasteiger partial charge is 0.110 e. The third-order valence-electron chi connectivity index (χ3n) is 4.36. The summed E-state index contributed by atoms with van der Waals surface area (Å²) in [7, 11) is 0. The predicted octanol–water partition coefficient (Wildman–Crippen LogP) is 2.70. The van der Waals surface area contributed by atoms with E-state index in [0.29, 0.717) is 5.92 Å². The van der Waals surface area contributed by atoms with Crippen molar-refractivity contribution >= 4 is 0 Å². The Kier molecular flexibility index (Phi) is 3.19. The van der Waals surface area contributed by atoms with E-state index in [1.807, 2.05) is 6.20 Å². The first kappa shape index (κ1) is 11.3. The highest BCUT2D eigenvalue weighted by atomic mass is 15.1. The zero-order valence-corrected chi connectivity index (χ0v) is 10.8. The number of H-pyrrole nitrogens is 1. The van der Waals surface area contributed by atoms with Crippen molar-refractivity contribution in [3.63, 3.8) is 0 Å². The summed E-state index contributed by atoms with van der Waals surface area (Å²) in [5.74, 6) is 2.84. The van der Waals surface area contributed by atoms with Gasteiger partial charge < -0.3 is 9.88 Å². The Labute approximate surface area is 104 Å². The third kappa shape index (κ3) is 2.54. The van der Waals surface area contributed by atoms with Gasteiger partial charge in [0.1, 0.15) is 5.82 Å². The number of hydrogen-bond acceptors (Lipinski definition) is 2. The van der Waals surface area contributed by atoms with Crippen molar-refractivity contribution in [2.24, 2.45) is 5.92 Å². The van der Waals surface area contributed by atoms with Crippen molar-refractivity contribution in [3.8, 4) is 0 Å². The lowest BCUT2D eigenvalue weighted by atomic mass is 9.84. The van der Waals surface area contributed by atoms with Crippen molar-refractivity contribution in [3.05, 3.63) is 17.7 Å². The number of aromatic amines is 1. The fourth-order valence-electron chi connectivity index (χ4n) is 3.13. The lowest BCUT2D eigenvalue weighted by Gasteiger charge is -2.37. The Morgan fingerprint density at radius 3 is 2.88 bits per heavy atom. The van der Waals surface area contributed by atoms with Gasteiger partial charge in [-0.1, -0.05) is 6.42 Å². The Balaban J connectivity index is 1.58. The molecule has 0 amide bonds. The number of imidazole rings is 1. The molecular formula is C14H23N3. The van der Waals surface area contributed by atoms with Gasteiger partial charge in [-0.3, -0.25) is 0 Å². The number of nitrogens with one attached hydrogen (secondary N) is 1. The van der Waals surface area contributed by atoms with Crippen molar-refractivity contribution in [1.82, 2.24) is 14.9 Å². The van der Waals surface area contributed by atoms with E-state index in [0.717, 1.165) is 5.92 Å². The van der Waals surface area contributed by atoms with Crippen molar-refractivity contribution in [2.75, 3.05) is 19.6 Å². The number of nitrogens with zero attached hydrogens (tertiary/aromatic N) is 2. The first-order valence-corrected chi connectivity index (χ1v) is 7.05. The van der Waals surface area contributed by atoms with Crippen LogP contribution in [0.4, 0.5) is 0 Å². The fourth-order valence-corrected chi connectivity index (χ4v) is 3.13. The number of likely N-dealkylation sites (tertiary alicyclic amines) is 1. The molecule has 1 aliphatic heterocycles. The van der Waals surface area contributed by atoms with E-state index < -0.39 is 0 Å². The van der Waals surface area contributed by atoms with E-state index in [-0.39, 0.29) is 0 Å². The second-order valence-electron chi connectivity index (χ2n) is 5.85. The van der Waals surface area contributed by atoms with Gasteiger partial charge in [-0.2, -0.15) is 0 Å². The van der Waals surface area contributed by atoms with E-state index in [9.17, 15) is 0 Å². The maximum Gasteiger partial charge on any atom is 0.110 e. The van der Waals surface area contributed by atoms with Crippen molar-refractivity contribution in [1.29, 1.82) is 0 Å². The lowest BCUT2D eigenvalue weighted by molar-refractivity contribution is 0.142. The molecule has 1 saturated carbocycles. The van der Waals surface area contributed by atoms with Crippen LogP contribution in [0, 0.1) is 12.8 Å². The van der Waals surface area contributed by atoms with Gasteiger partial charge in [0.25, 0.3) is 0 Å². The highest BCUT2D eigenvalue weighted by Gasteiger charge is 2.26. The average Bonchev–Trinajstić information content (AvgIpc) is 2.71. The molecule has 1 N–H and O–H groups in total. The van der Waals surface area contributed by atoms with Crippen LogP contribution in [0.5, 0.6) is 0 Å². The molecule has 1 aromatic rings. The van der Waals surface area contributed by atoms with Crippen LogP contribution < -0.4 is 0 Å². The second-order valence-corrected chi connectivity index (χ2v) is 5.85. The molecule has 2 heterocycles. The molecule has 1 unspecified atom stereocenters. The van der Waals surface area contributed by atoms with Gasteiger partial charge in [0.2, 0.25) is 0 Å². The largest absolute Gasteiger partial charge is 0.346 e. The molecule has 3 rings (SSSR count). The quantitative estimate of drug-likeness (QED) is 0.870. The maximum atomic E-state index is 4.50. The molecule has 94 valence electrons. The molecule has 17 heavy (non-hydrogen) atoms. The van der Waals surface area contributed by atoms with Gasteiger partial charge in [-0.05, 0) is 45.1 Å². The maximum absolute atomic E-state index is 4.50.